The molecule has 1 aliphatic rings. The van der Waals surface area contributed by atoms with E-state index in [0.717, 1.165) is 27.8 Å². The van der Waals surface area contributed by atoms with Gasteiger partial charge in [-0.3, -0.25) is 4.79 Å². The van der Waals surface area contributed by atoms with Gasteiger partial charge in [-0.05, 0) is 83.3 Å². The van der Waals surface area contributed by atoms with Crippen molar-refractivity contribution >= 4 is 21.9 Å². The van der Waals surface area contributed by atoms with Crippen LogP contribution in [0.5, 0.6) is 11.5 Å². The first-order valence-corrected chi connectivity index (χ1v) is 17.3. The summed E-state index contributed by atoms with van der Waals surface area (Å²) in [5.41, 5.74) is 5.50. The number of fused-ring (bicyclic) bond motifs is 1. The summed E-state index contributed by atoms with van der Waals surface area (Å²) in [6.45, 7) is 9.53. The molecule has 0 saturated carbocycles. The lowest BCUT2D eigenvalue weighted by molar-refractivity contribution is -0.142. The molecule has 9 heteroatoms. The fourth-order valence-electron chi connectivity index (χ4n) is 5.69. The zero-order valence-electron chi connectivity index (χ0n) is 27.4. The van der Waals surface area contributed by atoms with Gasteiger partial charge in [0, 0.05) is 13.0 Å². The number of nitrogens with one attached hydrogen (secondary N) is 1. The summed E-state index contributed by atoms with van der Waals surface area (Å²) in [6, 6.07) is 28.3. The summed E-state index contributed by atoms with van der Waals surface area (Å²) in [7, 11) is -3.89. The minimum absolute atomic E-state index is 0.0111. The molecule has 4 aromatic rings. The fourth-order valence-corrected chi connectivity index (χ4v) is 7.07. The molecule has 1 heterocycles. The number of benzene rings is 4. The van der Waals surface area contributed by atoms with E-state index in [1.807, 2.05) is 91.0 Å². The van der Waals surface area contributed by atoms with Gasteiger partial charge in [0.05, 0.1) is 5.25 Å². The molecule has 8 nitrogen and oxygen atoms in total. The van der Waals surface area contributed by atoms with Crippen molar-refractivity contribution in [1.29, 1.82) is 0 Å². The quantitative estimate of drug-likeness (QED) is 0.196. The lowest BCUT2D eigenvalue weighted by Crippen LogP contribution is -2.56. The molecule has 2 N–H and O–H groups in total. The van der Waals surface area contributed by atoms with E-state index in [9.17, 15) is 23.1 Å². The zero-order valence-corrected chi connectivity index (χ0v) is 28.3. The highest BCUT2D eigenvalue weighted by Crippen LogP contribution is 2.33. The van der Waals surface area contributed by atoms with E-state index in [1.165, 1.54) is 9.87 Å². The minimum Gasteiger partial charge on any atom is -0.480 e. The van der Waals surface area contributed by atoms with Crippen LogP contribution in [0.4, 0.5) is 0 Å². The van der Waals surface area contributed by atoms with Crippen LogP contribution in [0.1, 0.15) is 56.9 Å². The van der Waals surface area contributed by atoms with Crippen LogP contribution in [-0.4, -0.2) is 47.0 Å². The monoisotopic (exact) mass is 654 g/mol. The molecule has 47 heavy (non-hydrogen) atoms. The van der Waals surface area contributed by atoms with Crippen LogP contribution in [0.15, 0.2) is 97.1 Å². The van der Waals surface area contributed by atoms with E-state index in [4.69, 9.17) is 4.74 Å². The number of nitrogens with zero attached hydrogens (tertiary/aromatic N) is 1. The molecule has 1 aliphatic heterocycles. The minimum atomic E-state index is -3.89. The van der Waals surface area contributed by atoms with E-state index in [-0.39, 0.29) is 24.8 Å². The summed E-state index contributed by atoms with van der Waals surface area (Å²) >= 11 is 0. The van der Waals surface area contributed by atoms with Crippen molar-refractivity contribution in [3.8, 4) is 22.6 Å². The Morgan fingerprint density at radius 3 is 2.09 bits per heavy atom. The lowest BCUT2D eigenvalue weighted by Gasteiger charge is -2.36. The highest BCUT2D eigenvalue weighted by molar-refractivity contribution is 7.89. The molecule has 5 rings (SSSR count). The number of hydrogen-bond donors (Lipinski definition) is 2. The van der Waals surface area contributed by atoms with Gasteiger partial charge < -0.3 is 15.2 Å². The van der Waals surface area contributed by atoms with E-state index in [0.29, 0.717) is 11.5 Å². The molecule has 0 radical (unpaired) electrons. The predicted molar refractivity (Wildman–Crippen MR) is 184 cm³/mol. The van der Waals surface area contributed by atoms with Crippen LogP contribution < -0.4 is 10.1 Å². The third kappa shape index (κ3) is 7.92. The Kier molecular flexibility index (Phi) is 9.89. The van der Waals surface area contributed by atoms with Crippen molar-refractivity contribution in [2.75, 3.05) is 0 Å². The standard InChI is InChI=1S/C38H42N2O6S/c1-25(2)47(44,45)40-24-30-22-33(46-32-19-16-31(17-20-32)38(3,4)5)18-15-29(30)23-35(40)36(41)39-34(37(42)43)21-26-11-13-28(14-12-26)27-9-7-6-8-10-27/h6-20,22,25,34-35H,21,23-24H2,1-5H3,(H,39,41)(H,42,43)/t34-,35-/m0/s1. The van der Waals surface area contributed by atoms with Crippen molar-refractivity contribution in [3.05, 3.63) is 119 Å². The van der Waals surface area contributed by atoms with Gasteiger partial charge in [-0.1, -0.05) is 93.6 Å². The largest absolute Gasteiger partial charge is 0.480 e. The average Bonchev–Trinajstić information content (AvgIpc) is 3.04. The van der Waals surface area contributed by atoms with Crippen LogP contribution in [0.25, 0.3) is 11.1 Å². The van der Waals surface area contributed by atoms with Gasteiger partial charge in [-0.25, -0.2) is 13.2 Å². The second-order valence-corrected chi connectivity index (χ2v) is 15.8. The average molecular weight is 655 g/mol. The van der Waals surface area contributed by atoms with Crippen LogP contribution in [0.3, 0.4) is 0 Å². The Morgan fingerprint density at radius 2 is 1.49 bits per heavy atom. The SMILES string of the molecule is CC(C)S(=O)(=O)N1Cc2cc(Oc3ccc(C(C)(C)C)cc3)ccc2C[C@H]1C(=O)N[C@@H](Cc1ccc(-c2ccccc2)cc1)C(=O)O. The van der Waals surface area contributed by atoms with Gasteiger partial charge >= 0.3 is 5.97 Å². The molecule has 0 bridgehead atoms. The Morgan fingerprint density at radius 1 is 0.872 bits per heavy atom. The van der Waals surface area contributed by atoms with Gasteiger partial charge in [-0.2, -0.15) is 4.31 Å². The van der Waals surface area contributed by atoms with Crippen molar-refractivity contribution < 1.29 is 27.9 Å². The normalized spacial score (nSPS) is 15.9. The van der Waals surface area contributed by atoms with Gasteiger partial charge in [0.15, 0.2) is 0 Å². The third-order valence-electron chi connectivity index (χ3n) is 8.56. The molecular weight excluding hydrogens is 612 g/mol. The molecule has 2 atom stereocenters. The summed E-state index contributed by atoms with van der Waals surface area (Å²) < 4.78 is 34.4. The third-order valence-corrected chi connectivity index (χ3v) is 10.8. The highest BCUT2D eigenvalue weighted by Gasteiger charge is 2.41. The van der Waals surface area contributed by atoms with Crippen LogP contribution in [0.2, 0.25) is 0 Å². The first kappa shape index (κ1) is 33.9. The topological polar surface area (TPSA) is 113 Å². The first-order valence-electron chi connectivity index (χ1n) is 15.8. The number of sulfonamides is 1. The summed E-state index contributed by atoms with van der Waals surface area (Å²) in [6.07, 6.45) is 0.152. The summed E-state index contributed by atoms with van der Waals surface area (Å²) in [5.74, 6) is -0.627. The number of carboxylic acid groups (broad SMARTS) is 1. The Bertz CT molecular complexity index is 1830. The van der Waals surface area contributed by atoms with Crippen LogP contribution in [0, 0.1) is 0 Å². The molecule has 0 aliphatic carbocycles. The van der Waals surface area contributed by atoms with E-state index in [2.05, 4.69) is 26.1 Å². The van der Waals surface area contributed by atoms with Crippen molar-refractivity contribution in [3.63, 3.8) is 0 Å². The van der Waals surface area contributed by atoms with E-state index in [1.54, 1.807) is 19.9 Å². The molecule has 0 spiro atoms. The second kappa shape index (κ2) is 13.7. The molecule has 0 fully saturated rings. The number of carbonyl (C=O) groups excluding carboxylic acids is 1. The maximum atomic E-state index is 13.7. The van der Waals surface area contributed by atoms with Gasteiger partial charge in [0.25, 0.3) is 0 Å². The Labute approximate surface area is 277 Å². The van der Waals surface area contributed by atoms with E-state index >= 15 is 0 Å². The number of amides is 1. The number of aliphatic carboxylic acids is 1. The molecule has 1 amide bonds. The Hall–Kier alpha value is -4.47. The number of carboxylic acids is 1. The van der Waals surface area contributed by atoms with Gasteiger partial charge in [-0.15, -0.1) is 0 Å². The second-order valence-electron chi connectivity index (χ2n) is 13.3. The maximum Gasteiger partial charge on any atom is 0.326 e. The lowest BCUT2D eigenvalue weighted by atomic mass is 9.87. The highest BCUT2D eigenvalue weighted by atomic mass is 32.2. The van der Waals surface area contributed by atoms with Crippen LogP contribution >= 0.6 is 0 Å². The van der Waals surface area contributed by atoms with Gasteiger partial charge in [0.2, 0.25) is 15.9 Å². The number of carbonyl (C=O) groups is 2. The number of ether oxygens (including phenoxy) is 1. The zero-order chi connectivity index (χ0) is 33.9. The molecule has 0 aromatic heterocycles. The predicted octanol–water partition coefficient (Wildman–Crippen LogP) is 6.72. The molecule has 0 saturated heterocycles. The molecule has 0 unspecified atom stereocenters. The summed E-state index contributed by atoms with van der Waals surface area (Å²) in [5, 5.41) is 11.9. The number of rotatable bonds is 10. The molecular formula is C38H42N2O6S. The summed E-state index contributed by atoms with van der Waals surface area (Å²) in [4.78, 5) is 26.0. The number of hydrogen-bond acceptors (Lipinski definition) is 5. The van der Waals surface area contributed by atoms with Gasteiger partial charge in [0.1, 0.15) is 23.6 Å². The Balaban J connectivity index is 1.34. The first-order chi connectivity index (χ1) is 22.2. The van der Waals surface area contributed by atoms with Crippen molar-refractivity contribution in [2.45, 2.75) is 76.8 Å². The van der Waals surface area contributed by atoms with Crippen LogP contribution in [-0.2, 0) is 44.4 Å². The smallest absolute Gasteiger partial charge is 0.326 e. The fraction of sp³-hybridized carbons (Fsp3) is 0.316. The van der Waals surface area contributed by atoms with E-state index < -0.39 is 39.2 Å². The van der Waals surface area contributed by atoms with Crippen molar-refractivity contribution in [1.82, 2.24) is 9.62 Å². The van der Waals surface area contributed by atoms with Crippen molar-refractivity contribution in [2.24, 2.45) is 0 Å². The molecule has 246 valence electrons. The maximum absolute atomic E-state index is 13.7. The molecule has 4 aromatic carbocycles.